The highest BCUT2D eigenvalue weighted by Gasteiger charge is 2.19. The summed E-state index contributed by atoms with van der Waals surface area (Å²) in [6.07, 6.45) is 55.4. The van der Waals surface area contributed by atoms with Crippen LogP contribution in [0.5, 0.6) is 17.2 Å². The normalized spacial score (nSPS) is 11.4. The Morgan fingerprint density at radius 1 is 0.372 bits per heavy atom. The van der Waals surface area contributed by atoms with Crippen LogP contribution in [0.25, 0.3) is 21.5 Å². The van der Waals surface area contributed by atoms with Crippen LogP contribution in [0.2, 0.25) is 0 Å². The van der Waals surface area contributed by atoms with E-state index in [-0.39, 0.29) is 11.0 Å². The summed E-state index contributed by atoms with van der Waals surface area (Å²) in [5.74, 6) is 1.77. The van der Waals surface area contributed by atoms with E-state index < -0.39 is 0 Å². The molecule has 0 heterocycles. The Bertz CT molecular complexity index is 2020. The van der Waals surface area contributed by atoms with Gasteiger partial charge in [0.2, 0.25) is 5.75 Å². The second-order valence-electron chi connectivity index (χ2n) is 22.9. The number of ether oxygens (including phenoxy) is 3. The number of amides is 1. The van der Waals surface area contributed by atoms with Gasteiger partial charge in [0, 0.05) is 17.8 Å². The largest absolute Gasteiger partial charge is 0.489 e. The minimum absolute atomic E-state index is 0.256. The molecule has 0 unspecified atom stereocenters. The van der Waals surface area contributed by atoms with Crippen LogP contribution in [0.1, 0.15) is 301 Å². The van der Waals surface area contributed by atoms with Crippen molar-refractivity contribution in [1.82, 2.24) is 10.9 Å². The highest BCUT2D eigenvalue weighted by atomic mass is 32.1. The van der Waals surface area contributed by atoms with Gasteiger partial charge >= 0.3 is 0 Å². The molecular weight excluding hydrogens is 979 g/mol. The molecule has 0 aliphatic rings. The number of carbonyl (C=O) groups is 1. The van der Waals surface area contributed by atoms with Crippen molar-refractivity contribution in [2.24, 2.45) is 0 Å². The first-order chi connectivity index (χ1) is 38.5. The molecule has 0 aliphatic carbocycles. The predicted molar refractivity (Wildman–Crippen MR) is 342 cm³/mol. The highest BCUT2D eigenvalue weighted by Crippen LogP contribution is 2.41. The van der Waals surface area contributed by atoms with E-state index in [0.29, 0.717) is 48.3 Å². The third-order valence-corrected chi connectivity index (χ3v) is 16.0. The maximum Gasteiger partial charge on any atom is 0.270 e. The van der Waals surface area contributed by atoms with E-state index in [0.717, 1.165) is 60.1 Å². The fourth-order valence-corrected chi connectivity index (χ4v) is 11.2. The minimum atomic E-state index is -0.256. The molecule has 0 saturated heterocycles. The summed E-state index contributed by atoms with van der Waals surface area (Å²) in [5, 5.41) is 7.42. The van der Waals surface area contributed by atoms with E-state index in [4.69, 9.17) is 26.4 Å². The van der Waals surface area contributed by atoms with Crippen molar-refractivity contribution in [1.29, 1.82) is 0 Å². The summed E-state index contributed by atoms with van der Waals surface area (Å²) in [5.41, 5.74) is 7.23. The second kappa shape index (κ2) is 45.7. The molecule has 0 atom stereocenters. The lowest BCUT2D eigenvalue weighted by molar-refractivity contribution is 0.0947. The number of unbranched alkanes of at least 4 members (excludes halogenated alkanes) is 39. The van der Waals surface area contributed by atoms with Gasteiger partial charge in [-0.05, 0) is 59.1 Å². The van der Waals surface area contributed by atoms with Crippen LogP contribution >= 0.6 is 12.2 Å². The predicted octanol–water partition coefficient (Wildman–Crippen LogP) is 22.2. The Kier molecular flexibility index (Phi) is 38.9. The fourth-order valence-electron chi connectivity index (χ4n) is 11.0. The highest BCUT2D eigenvalue weighted by molar-refractivity contribution is 7.80. The van der Waals surface area contributed by atoms with E-state index in [9.17, 15) is 4.79 Å². The number of benzene rings is 4. The Morgan fingerprint density at radius 2 is 0.667 bits per heavy atom. The number of carbonyl (C=O) groups excluding carboxylic acids is 1. The van der Waals surface area contributed by atoms with Crippen LogP contribution in [-0.2, 0) is 0 Å². The van der Waals surface area contributed by atoms with Crippen LogP contribution in [-0.4, -0.2) is 30.8 Å². The van der Waals surface area contributed by atoms with Crippen molar-refractivity contribution in [2.45, 2.75) is 290 Å². The zero-order valence-corrected chi connectivity index (χ0v) is 51.0. The number of thiocarbonyl (C=S) groups is 1. The number of fused-ring (bicyclic) bond motifs is 2. The summed E-state index contributed by atoms with van der Waals surface area (Å²) < 4.78 is 20.0. The van der Waals surface area contributed by atoms with Crippen molar-refractivity contribution in [2.75, 3.05) is 25.1 Å². The third-order valence-electron chi connectivity index (χ3n) is 15.8. The van der Waals surface area contributed by atoms with E-state index >= 15 is 0 Å². The monoisotopic (exact) mass is 1090 g/mol. The van der Waals surface area contributed by atoms with Gasteiger partial charge in [-0.1, -0.05) is 320 Å². The molecule has 1 amide bonds. The first kappa shape index (κ1) is 66.5. The van der Waals surface area contributed by atoms with Crippen LogP contribution in [0.3, 0.4) is 0 Å². The molecule has 0 spiro atoms. The minimum Gasteiger partial charge on any atom is -0.489 e. The van der Waals surface area contributed by atoms with Crippen molar-refractivity contribution < 1.29 is 19.0 Å². The molecule has 0 aromatic heterocycles. The van der Waals surface area contributed by atoms with Gasteiger partial charge in [-0.15, -0.1) is 0 Å². The van der Waals surface area contributed by atoms with Crippen molar-refractivity contribution in [3.05, 3.63) is 72.3 Å². The summed E-state index contributed by atoms with van der Waals surface area (Å²) in [6, 6.07) is 22.1. The first-order valence-corrected chi connectivity index (χ1v) is 33.3. The van der Waals surface area contributed by atoms with Gasteiger partial charge in [-0.3, -0.25) is 15.6 Å². The molecule has 0 aliphatic heterocycles. The standard InChI is InChI=1S/C70H113N3O4S/c1-4-7-10-13-16-19-22-25-28-31-34-37-40-47-54-75-65-58-62(71-70(78)73-72-69(74)67-63-52-45-43-50-60(63)57-61-51-44-46-53-64(61)67)59-66(76-55-48-41-38-35-32-29-26-23-20-17-14-11-8-5-2)68(65)77-56-49-42-39-36-33-30-27-24-21-18-15-12-9-6-3/h43-46,50-53,57-59H,4-42,47-49,54-56H2,1-3H3,(H,72,74)(H2,71,73,78). The molecule has 0 bridgehead atoms. The second-order valence-corrected chi connectivity index (χ2v) is 23.3. The lowest BCUT2D eigenvalue weighted by Gasteiger charge is -2.20. The van der Waals surface area contributed by atoms with E-state index in [1.807, 2.05) is 60.7 Å². The molecule has 78 heavy (non-hydrogen) atoms. The van der Waals surface area contributed by atoms with E-state index in [1.165, 1.54) is 231 Å². The quantitative estimate of drug-likeness (QED) is 0.0176. The third kappa shape index (κ3) is 30.0. The van der Waals surface area contributed by atoms with Crippen LogP contribution in [0.15, 0.2) is 66.7 Å². The SMILES string of the molecule is CCCCCCCCCCCCCCCCOc1cc(NC(=S)NNC(=O)c2c3ccccc3cc3ccccc23)cc(OCCCCCCCCCCCCCCCC)c1OCCCCCCCCCCCCCCCC. The zero-order valence-electron chi connectivity index (χ0n) is 50.2. The van der Waals surface area contributed by atoms with Crippen LogP contribution in [0.4, 0.5) is 5.69 Å². The summed E-state index contributed by atoms with van der Waals surface area (Å²) in [4.78, 5) is 14.0. The van der Waals surface area contributed by atoms with Gasteiger partial charge in [-0.2, -0.15) is 0 Å². The molecule has 4 aromatic carbocycles. The maximum atomic E-state index is 14.0. The molecule has 3 N–H and O–H groups in total. The summed E-state index contributed by atoms with van der Waals surface area (Å²) in [7, 11) is 0. The zero-order chi connectivity index (χ0) is 55.2. The Labute approximate surface area is 483 Å². The number of nitrogens with one attached hydrogen (secondary N) is 3. The van der Waals surface area contributed by atoms with E-state index in [2.05, 4.69) is 43.0 Å². The van der Waals surface area contributed by atoms with Gasteiger partial charge in [0.1, 0.15) is 0 Å². The fraction of sp³-hybridized carbons (Fsp3) is 0.686. The smallest absolute Gasteiger partial charge is 0.270 e. The summed E-state index contributed by atoms with van der Waals surface area (Å²) in [6.45, 7) is 8.70. The molecule has 7 nitrogen and oxygen atoms in total. The number of hydrazine groups is 1. The van der Waals surface area contributed by atoms with Gasteiger partial charge in [0.25, 0.3) is 5.91 Å². The van der Waals surface area contributed by atoms with Gasteiger partial charge < -0.3 is 19.5 Å². The maximum absolute atomic E-state index is 14.0. The average molecular weight is 1090 g/mol. The first-order valence-electron chi connectivity index (χ1n) is 32.9. The van der Waals surface area contributed by atoms with Gasteiger partial charge in [0.05, 0.1) is 25.4 Å². The lowest BCUT2D eigenvalue weighted by Crippen LogP contribution is -2.43. The molecule has 0 radical (unpaired) electrons. The molecule has 4 aromatic rings. The molecule has 438 valence electrons. The molecule has 0 saturated carbocycles. The topological polar surface area (TPSA) is 80.9 Å². The number of anilines is 1. The molecule has 0 fully saturated rings. The van der Waals surface area contributed by atoms with Crippen molar-refractivity contribution in [3.63, 3.8) is 0 Å². The van der Waals surface area contributed by atoms with Gasteiger partial charge in [0.15, 0.2) is 16.6 Å². The molecule has 8 heteroatoms. The lowest BCUT2D eigenvalue weighted by atomic mass is 9.96. The number of rotatable bonds is 50. The Balaban J connectivity index is 1.36. The number of hydrogen-bond acceptors (Lipinski definition) is 5. The molecular formula is C70H113N3O4S. The van der Waals surface area contributed by atoms with Crippen LogP contribution in [0, 0.1) is 0 Å². The van der Waals surface area contributed by atoms with E-state index in [1.54, 1.807) is 0 Å². The van der Waals surface area contributed by atoms with Crippen molar-refractivity contribution in [3.8, 4) is 17.2 Å². The average Bonchev–Trinajstić information content (AvgIpc) is 3.50. The Hall–Kier alpha value is -4.04. The Morgan fingerprint density at radius 3 is 1.00 bits per heavy atom. The number of hydrogen-bond donors (Lipinski definition) is 3. The van der Waals surface area contributed by atoms with Crippen LogP contribution < -0.4 is 30.4 Å². The van der Waals surface area contributed by atoms with Crippen molar-refractivity contribution >= 4 is 50.5 Å². The van der Waals surface area contributed by atoms with Gasteiger partial charge in [-0.25, -0.2) is 0 Å². The summed E-state index contributed by atoms with van der Waals surface area (Å²) >= 11 is 5.85. The molecule has 4 rings (SSSR count).